The van der Waals surface area contributed by atoms with E-state index in [2.05, 4.69) is 21.2 Å². The quantitative estimate of drug-likeness (QED) is 0.736. The van der Waals surface area contributed by atoms with Crippen LogP contribution >= 0.6 is 15.9 Å². The first kappa shape index (κ1) is 16.3. The standard InChI is InChI=1S/C16H22BrNO3/c17-14-2-1-3-15(10-14)21-9-8-18-11-12-4-6-13(7-5-12)16(19)20/h1-3,10,12-13,18H,4-9,11H2,(H,19,20). The van der Waals surface area contributed by atoms with E-state index in [0.717, 1.165) is 49.0 Å². The third-order valence-corrected chi connectivity index (χ3v) is 4.47. The average Bonchev–Trinajstić information content (AvgIpc) is 2.47. The van der Waals surface area contributed by atoms with Crippen molar-refractivity contribution in [3.05, 3.63) is 28.7 Å². The van der Waals surface area contributed by atoms with Gasteiger partial charge in [-0.15, -0.1) is 0 Å². The van der Waals surface area contributed by atoms with Gasteiger partial charge in [0.15, 0.2) is 0 Å². The molecule has 0 radical (unpaired) electrons. The van der Waals surface area contributed by atoms with E-state index in [1.807, 2.05) is 24.3 Å². The second-order valence-electron chi connectivity index (χ2n) is 5.57. The molecule has 0 amide bonds. The van der Waals surface area contributed by atoms with Gasteiger partial charge in [-0.25, -0.2) is 0 Å². The molecule has 1 aromatic carbocycles. The molecule has 5 heteroatoms. The van der Waals surface area contributed by atoms with Crippen LogP contribution in [0.2, 0.25) is 0 Å². The number of carboxylic acid groups (broad SMARTS) is 1. The van der Waals surface area contributed by atoms with Gasteiger partial charge >= 0.3 is 5.97 Å². The zero-order chi connectivity index (χ0) is 15.1. The Balaban J connectivity index is 1.55. The topological polar surface area (TPSA) is 58.6 Å². The van der Waals surface area contributed by atoms with E-state index in [0.29, 0.717) is 12.5 Å². The molecule has 2 rings (SSSR count). The molecule has 0 aromatic heterocycles. The van der Waals surface area contributed by atoms with Gasteiger partial charge in [-0.2, -0.15) is 0 Å². The minimum atomic E-state index is -0.635. The number of carbonyl (C=O) groups is 1. The number of hydrogen-bond acceptors (Lipinski definition) is 3. The number of rotatable bonds is 7. The molecule has 2 N–H and O–H groups in total. The highest BCUT2D eigenvalue weighted by atomic mass is 79.9. The van der Waals surface area contributed by atoms with Crippen LogP contribution in [-0.2, 0) is 4.79 Å². The number of benzene rings is 1. The van der Waals surface area contributed by atoms with E-state index >= 15 is 0 Å². The Morgan fingerprint density at radius 3 is 2.76 bits per heavy atom. The Kier molecular flexibility index (Phi) is 6.51. The maximum atomic E-state index is 10.9. The molecule has 0 aliphatic heterocycles. The van der Waals surface area contributed by atoms with E-state index in [9.17, 15) is 4.79 Å². The fourth-order valence-corrected chi connectivity index (χ4v) is 3.10. The van der Waals surface area contributed by atoms with Gasteiger partial charge in [-0.05, 0) is 56.3 Å². The second-order valence-corrected chi connectivity index (χ2v) is 6.48. The van der Waals surface area contributed by atoms with Gasteiger partial charge in [0.2, 0.25) is 0 Å². The van der Waals surface area contributed by atoms with Gasteiger partial charge < -0.3 is 15.2 Å². The van der Waals surface area contributed by atoms with Crippen LogP contribution in [0.5, 0.6) is 5.75 Å². The van der Waals surface area contributed by atoms with Crippen molar-refractivity contribution in [2.24, 2.45) is 11.8 Å². The monoisotopic (exact) mass is 355 g/mol. The van der Waals surface area contributed by atoms with Gasteiger partial charge in [0.1, 0.15) is 12.4 Å². The van der Waals surface area contributed by atoms with Gasteiger partial charge in [-0.1, -0.05) is 22.0 Å². The number of ether oxygens (including phenoxy) is 1. The first-order valence-corrected chi connectivity index (χ1v) is 8.26. The van der Waals surface area contributed by atoms with Gasteiger partial charge in [0.05, 0.1) is 5.92 Å². The normalized spacial score (nSPS) is 22.0. The minimum Gasteiger partial charge on any atom is -0.492 e. The highest BCUT2D eigenvalue weighted by molar-refractivity contribution is 9.10. The number of carboxylic acids is 1. The molecule has 0 bridgehead atoms. The summed E-state index contributed by atoms with van der Waals surface area (Å²) in [5, 5.41) is 12.4. The minimum absolute atomic E-state index is 0.124. The summed E-state index contributed by atoms with van der Waals surface area (Å²) >= 11 is 3.41. The van der Waals surface area contributed by atoms with Crippen LogP contribution in [0.3, 0.4) is 0 Å². The number of nitrogens with one attached hydrogen (secondary N) is 1. The Morgan fingerprint density at radius 1 is 1.33 bits per heavy atom. The molecule has 1 aliphatic carbocycles. The maximum Gasteiger partial charge on any atom is 0.306 e. The lowest BCUT2D eigenvalue weighted by atomic mass is 9.82. The first-order chi connectivity index (χ1) is 10.1. The molecular formula is C16H22BrNO3. The molecule has 0 heterocycles. The summed E-state index contributed by atoms with van der Waals surface area (Å²) in [6.07, 6.45) is 3.65. The summed E-state index contributed by atoms with van der Waals surface area (Å²) in [5.41, 5.74) is 0. The molecule has 21 heavy (non-hydrogen) atoms. The molecule has 0 unspecified atom stereocenters. The molecule has 1 aromatic rings. The smallest absolute Gasteiger partial charge is 0.306 e. The van der Waals surface area contributed by atoms with Crippen molar-refractivity contribution in [2.45, 2.75) is 25.7 Å². The molecule has 1 aliphatic rings. The largest absolute Gasteiger partial charge is 0.492 e. The van der Waals surface area contributed by atoms with Crippen LogP contribution in [0.4, 0.5) is 0 Å². The number of halogens is 1. The number of hydrogen-bond donors (Lipinski definition) is 2. The van der Waals surface area contributed by atoms with Gasteiger partial charge in [0, 0.05) is 11.0 Å². The lowest BCUT2D eigenvalue weighted by Crippen LogP contribution is -2.30. The van der Waals surface area contributed by atoms with Crippen LogP contribution in [0.25, 0.3) is 0 Å². The number of aliphatic carboxylic acids is 1. The Bertz CT molecular complexity index is 459. The van der Waals surface area contributed by atoms with E-state index in [1.165, 1.54) is 0 Å². The van der Waals surface area contributed by atoms with Gasteiger partial charge in [-0.3, -0.25) is 4.79 Å². The zero-order valence-corrected chi connectivity index (χ0v) is 13.6. The SMILES string of the molecule is O=C(O)C1CCC(CNCCOc2cccc(Br)c2)CC1. The van der Waals surface area contributed by atoms with Crippen molar-refractivity contribution in [1.82, 2.24) is 5.32 Å². The molecule has 1 saturated carbocycles. The van der Waals surface area contributed by atoms with Crippen LogP contribution < -0.4 is 10.1 Å². The van der Waals surface area contributed by atoms with Crippen molar-refractivity contribution < 1.29 is 14.6 Å². The Labute approximate surface area is 134 Å². The molecular weight excluding hydrogens is 334 g/mol. The predicted octanol–water partition coefficient (Wildman–Crippen LogP) is 3.31. The zero-order valence-electron chi connectivity index (χ0n) is 12.1. The van der Waals surface area contributed by atoms with Crippen LogP contribution in [-0.4, -0.2) is 30.8 Å². The lowest BCUT2D eigenvalue weighted by molar-refractivity contribution is -0.143. The van der Waals surface area contributed by atoms with Crippen molar-refractivity contribution in [3.8, 4) is 5.75 Å². The summed E-state index contributed by atoms with van der Waals surface area (Å²) in [4.78, 5) is 10.9. The van der Waals surface area contributed by atoms with Crippen LogP contribution in [0.1, 0.15) is 25.7 Å². The molecule has 4 nitrogen and oxygen atoms in total. The van der Waals surface area contributed by atoms with Crippen molar-refractivity contribution >= 4 is 21.9 Å². The lowest BCUT2D eigenvalue weighted by Gasteiger charge is -2.26. The maximum absolute atomic E-state index is 10.9. The summed E-state index contributed by atoms with van der Waals surface area (Å²) in [6, 6.07) is 7.82. The fourth-order valence-electron chi connectivity index (χ4n) is 2.72. The van der Waals surface area contributed by atoms with Crippen molar-refractivity contribution in [3.63, 3.8) is 0 Å². The predicted molar refractivity (Wildman–Crippen MR) is 85.6 cm³/mol. The Hall–Kier alpha value is -1.07. The van der Waals surface area contributed by atoms with Gasteiger partial charge in [0.25, 0.3) is 0 Å². The molecule has 116 valence electrons. The molecule has 0 saturated heterocycles. The van der Waals surface area contributed by atoms with Crippen LogP contribution in [0.15, 0.2) is 28.7 Å². The molecule has 1 fully saturated rings. The summed E-state index contributed by atoms with van der Waals surface area (Å²) in [5.74, 6) is 0.713. The highest BCUT2D eigenvalue weighted by Crippen LogP contribution is 2.28. The van der Waals surface area contributed by atoms with Crippen LogP contribution in [0, 0.1) is 11.8 Å². The fraction of sp³-hybridized carbons (Fsp3) is 0.562. The first-order valence-electron chi connectivity index (χ1n) is 7.47. The third-order valence-electron chi connectivity index (χ3n) is 3.97. The van der Waals surface area contributed by atoms with E-state index in [1.54, 1.807) is 0 Å². The average molecular weight is 356 g/mol. The van der Waals surface area contributed by atoms with E-state index < -0.39 is 5.97 Å². The summed E-state index contributed by atoms with van der Waals surface area (Å²) in [6.45, 7) is 2.40. The van der Waals surface area contributed by atoms with E-state index in [4.69, 9.17) is 9.84 Å². The second kappa shape index (κ2) is 8.39. The third kappa shape index (κ3) is 5.67. The highest BCUT2D eigenvalue weighted by Gasteiger charge is 2.25. The van der Waals surface area contributed by atoms with E-state index in [-0.39, 0.29) is 5.92 Å². The van der Waals surface area contributed by atoms with Crippen molar-refractivity contribution in [2.75, 3.05) is 19.7 Å². The summed E-state index contributed by atoms with van der Waals surface area (Å²) in [7, 11) is 0. The Morgan fingerprint density at radius 2 is 2.10 bits per heavy atom. The molecule has 0 spiro atoms. The molecule has 0 atom stereocenters. The van der Waals surface area contributed by atoms with Crippen molar-refractivity contribution in [1.29, 1.82) is 0 Å². The summed E-state index contributed by atoms with van der Waals surface area (Å²) < 4.78 is 6.67.